The number of anilines is 6. The summed E-state index contributed by atoms with van der Waals surface area (Å²) in [5, 5.41) is 9.17. The first kappa shape index (κ1) is 34.5. The van der Waals surface area contributed by atoms with Crippen LogP contribution in [0.5, 0.6) is 0 Å². The second-order valence-electron chi connectivity index (χ2n) is 16.8. The monoisotopic (exact) mass is 754 g/mol. The molecule has 0 N–H and O–H groups in total. The number of aryl methyl sites for hydroxylation is 2. The molecule has 272 valence electrons. The molecule has 4 heteroatoms. The van der Waals surface area contributed by atoms with Gasteiger partial charge in [-0.05, 0) is 140 Å². The Morgan fingerprint density at radius 2 is 0.661 bits per heavy atom. The van der Waals surface area contributed by atoms with Gasteiger partial charge in [0.05, 0.1) is 0 Å². The van der Waals surface area contributed by atoms with Gasteiger partial charge in [0.25, 0.3) is 0 Å². The lowest BCUT2D eigenvalue weighted by Crippen LogP contribution is -2.63. The highest BCUT2D eigenvalue weighted by molar-refractivity contribution is 7.13. The van der Waals surface area contributed by atoms with E-state index < -0.39 is 16.1 Å². The molecular weight excluding hydrogens is 709 g/mol. The van der Waals surface area contributed by atoms with Gasteiger partial charge in [0, 0.05) is 34.1 Å². The fourth-order valence-corrected chi connectivity index (χ4v) is 18.2. The summed E-state index contributed by atoms with van der Waals surface area (Å²) in [5.74, 6) is 0. The molecule has 8 aromatic carbocycles. The summed E-state index contributed by atoms with van der Waals surface area (Å²) in [6.45, 7) is 14.8. The predicted molar refractivity (Wildman–Crippen MR) is 247 cm³/mol. The van der Waals surface area contributed by atoms with E-state index in [9.17, 15) is 0 Å². The number of hydrogen-bond acceptors (Lipinski definition) is 2. The smallest absolute Gasteiger partial charge is 0.113 e. The van der Waals surface area contributed by atoms with E-state index in [0.29, 0.717) is 0 Å². The van der Waals surface area contributed by atoms with Crippen LogP contribution in [-0.4, -0.2) is 16.1 Å². The zero-order valence-electron chi connectivity index (χ0n) is 33.1. The van der Waals surface area contributed by atoms with Crippen LogP contribution in [0, 0.1) is 13.8 Å². The summed E-state index contributed by atoms with van der Waals surface area (Å²) < 4.78 is 0. The van der Waals surface area contributed by atoms with E-state index >= 15 is 0 Å². The summed E-state index contributed by atoms with van der Waals surface area (Å²) in [5.41, 5.74) is 15.5. The Balaban J connectivity index is 1.17. The summed E-state index contributed by atoms with van der Waals surface area (Å²) in [7, 11) is -4.44. The maximum Gasteiger partial charge on any atom is 0.113 e. The molecule has 0 unspecified atom stereocenters. The predicted octanol–water partition coefficient (Wildman–Crippen LogP) is 12.0. The normalized spacial score (nSPS) is 14.2. The van der Waals surface area contributed by atoms with Gasteiger partial charge in [-0.1, -0.05) is 134 Å². The Morgan fingerprint density at radius 3 is 1.04 bits per heavy atom. The molecule has 8 aromatic rings. The molecule has 2 aliphatic heterocycles. The lowest BCUT2D eigenvalue weighted by molar-refractivity contribution is 1.28. The molecule has 0 aliphatic carbocycles. The van der Waals surface area contributed by atoms with Crippen molar-refractivity contribution in [2.24, 2.45) is 0 Å². The molecule has 0 aromatic heterocycles. The lowest BCUT2D eigenvalue weighted by Gasteiger charge is -2.30. The highest BCUT2D eigenvalue weighted by atomic mass is 28.3. The molecule has 0 fully saturated rings. The number of rotatable bonds is 6. The Hall–Kier alpha value is -5.95. The van der Waals surface area contributed by atoms with Gasteiger partial charge in [-0.2, -0.15) is 0 Å². The molecule has 2 nitrogen and oxygen atoms in total. The van der Waals surface area contributed by atoms with Crippen LogP contribution < -0.4 is 30.5 Å². The maximum absolute atomic E-state index is 2.61. The Morgan fingerprint density at radius 1 is 0.339 bits per heavy atom. The third kappa shape index (κ3) is 5.20. The van der Waals surface area contributed by atoms with Gasteiger partial charge in [0.15, 0.2) is 0 Å². The van der Waals surface area contributed by atoms with Crippen molar-refractivity contribution in [2.45, 2.75) is 40.0 Å². The molecule has 10 rings (SSSR count). The van der Waals surface area contributed by atoms with E-state index in [1.54, 1.807) is 10.4 Å². The van der Waals surface area contributed by atoms with Gasteiger partial charge >= 0.3 is 0 Å². The summed E-state index contributed by atoms with van der Waals surface area (Å²) in [4.78, 5) is 4.86. The minimum atomic E-state index is -2.22. The van der Waals surface area contributed by atoms with Crippen LogP contribution in [0.4, 0.5) is 34.1 Å². The van der Waals surface area contributed by atoms with Crippen molar-refractivity contribution >= 4 is 81.8 Å². The van der Waals surface area contributed by atoms with Crippen molar-refractivity contribution in [2.75, 3.05) is 9.80 Å². The average molecular weight is 755 g/mol. The van der Waals surface area contributed by atoms with Crippen LogP contribution in [0.1, 0.15) is 11.1 Å². The van der Waals surface area contributed by atoms with Crippen molar-refractivity contribution in [1.29, 1.82) is 0 Å². The van der Waals surface area contributed by atoms with E-state index in [1.165, 1.54) is 88.7 Å². The van der Waals surface area contributed by atoms with Gasteiger partial charge in [0.1, 0.15) is 16.1 Å². The quantitative estimate of drug-likeness (QED) is 0.156. The Kier molecular flexibility index (Phi) is 7.90. The molecule has 2 heterocycles. The van der Waals surface area contributed by atoms with E-state index in [2.05, 4.69) is 220 Å². The Bertz CT molecular complexity index is 2610. The van der Waals surface area contributed by atoms with Gasteiger partial charge in [-0.25, -0.2) is 0 Å². The van der Waals surface area contributed by atoms with Crippen LogP contribution in [0.25, 0.3) is 33.0 Å². The minimum absolute atomic E-state index is 1.17. The highest BCUT2D eigenvalue weighted by Crippen LogP contribution is 2.45. The third-order valence-corrected chi connectivity index (χ3v) is 19.8. The van der Waals surface area contributed by atoms with E-state index in [4.69, 9.17) is 0 Å². The standard InChI is InChI=1S/C52H46N2Si2/c1-35-21-25-39(26-22-35)53(37-15-9-7-10-16-37)41-29-31-45-47(33-41)55(3,4)51-49(45)43-19-13-14-20-44(43)50-46-32-30-42(34-48(46)56(5,6)52(50)51)54(38-17-11-8-12-18-38)40-27-23-36(2)24-28-40/h7-34H,1-6H3. The number of hydrogen-bond donors (Lipinski definition) is 0. The average Bonchev–Trinajstić information content (AvgIpc) is 3.59. The summed E-state index contributed by atoms with van der Waals surface area (Å²) >= 11 is 0. The Labute approximate surface area is 333 Å². The van der Waals surface area contributed by atoms with Crippen molar-refractivity contribution in [3.05, 3.63) is 181 Å². The van der Waals surface area contributed by atoms with Crippen LogP contribution in [-0.2, 0) is 0 Å². The van der Waals surface area contributed by atoms with Crippen LogP contribution in [0.2, 0.25) is 26.2 Å². The largest absolute Gasteiger partial charge is 0.311 e. The van der Waals surface area contributed by atoms with Crippen LogP contribution in [0.15, 0.2) is 170 Å². The molecule has 0 radical (unpaired) electrons. The van der Waals surface area contributed by atoms with E-state index in [1.807, 2.05) is 0 Å². The topological polar surface area (TPSA) is 6.48 Å². The summed E-state index contributed by atoms with van der Waals surface area (Å²) in [6, 6.07) is 63.5. The molecule has 0 saturated carbocycles. The molecule has 0 atom stereocenters. The van der Waals surface area contributed by atoms with Crippen LogP contribution in [0.3, 0.4) is 0 Å². The zero-order chi connectivity index (χ0) is 38.3. The number of fused-ring (bicyclic) bond motifs is 10. The van der Waals surface area contributed by atoms with Gasteiger partial charge in [-0.3, -0.25) is 0 Å². The fourth-order valence-electron chi connectivity index (χ4n) is 9.77. The lowest BCUT2D eigenvalue weighted by atomic mass is 9.92. The SMILES string of the molecule is Cc1ccc(N(c2ccccc2)c2ccc3c(c2)[Si](C)(C)c2c4c(c5ccccc5c2-3)-c2ccc(N(c3ccccc3)c3ccc(C)cc3)cc2[Si]4(C)C)cc1. The highest BCUT2D eigenvalue weighted by Gasteiger charge is 2.49. The van der Waals surface area contributed by atoms with Gasteiger partial charge in [-0.15, -0.1) is 0 Å². The molecule has 0 saturated heterocycles. The first-order valence-corrected chi connectivity index (χ1v) is 25.9. The van der Waals surface area contributed by atoms with Crippen molar-refractivity contribution in [3.8, 4) is 22.3 Å². The maximum atomic E-state index is 2.61. The zero-order valence-corrected chi connectivity index (χ0v) is 35.1. The van der Waals surface area contributed by atoms with E-state index in [-0.39, 0.29) is 0 Å². The minimum Gasteiger partial charge on any atom is -0.311 e. The number of benzene rings is 8. The van der Waals surface area contributed by atoms with Crippen molar-refractivity contribution in [1.82, 2.24) is 0 Å². The molecule has 0 bridgehead atoms. The number of para-hydroxylation sites is 2. The third-order valence-electron chi connectivity index (χ3n) is 12.5. The second-order valence-corrected chi connectivity index (χ2v) is 25.3. The van der Waals surface area contributed by atoms with Crippen LogP contribution >= 0.6 is 0 Å². The van der Waals surface area contributed by atoms with Gasteiger partial charge in [0.2, 0.25) is 0 Å². The van der Waals surface area contributed by atoms with Crippen molar-refractivity contribution < 1.29 is 0 Å². The molecule has 56 heavy (non-hydrogen) atoms. The fraction of sp³-hybridized carbons (Fsp3) is 0.115. The first-order chi connectivity index (χ1) is 27.1. The summed E-state index contributed by atoms with van der Waals surface area (Å²) in [6.07, 6.45) is 0. The second kappa shape index (κ2) is 12.8. The molecule has 0 amide bonds. The molecule has 2 aliphatic rings. The number of nitrogens with zero attached hydrogens (tertiary/aromatic N) is 2. The van der Waals surface area contributed by atoms with Gasteiger partial charge < -0.3 is 9.80 Å². The molecule has 0 spiro atoms. The molecular formula is C52H46N2Si2. The van der Waals surface area contributed by atoms with Crippen molar-refractivity contribution in [3.63, 3.8) is 0 Å². The van der Waals surface area contributed by atoms with E-state index in [0.717, 1.165) is 0 Å². The first-order valence-electron chi connectivity index (χ1n) is 19.9.